The summed E-state index contributed by atoms with van der Waals surface area (Å²) in [6.45, 7) is 5.84. The van der Waals surface area contributed by atoms with E-state index in [0.29, 0.717) is 48.7 Å². The quantitative estimate of drug-likeness (QED) is 0.809. The molecule has 0 bridgehead atoms. The maximum Gasteiger partial charge on any atom is 0.243 e. The first-order chi connectivity index (χ1) is 12.8. The summed E-state index contributed by atoms with van der Waals surface area (Å²) in [4.78, 5) is 2.35. The molecule has 2 aromatic rings. The molecule has 1 aliphatic rings. The van der Waals surface area contributed by atoms with E-state index in [4.69, 9.17) is 5.26 Å². The molecule has 1 heterocycles. The molecule has 2 aromatic carbocycles. The molecule has 27 heavy (non-hydrogen) atoms. The lowest BCUT2D eigenvalue weighted by Gasteiger charge is -2.34. The van der Waals surface area contributed by atoms with Gasteiger partial charge in [-0.25, -0.2) is 12.8 Å². The molecule has 1 fully saturated rings. The zero-order valence-electron chi connectivity index (χ0n) is 15.4. The van der Waals surface area contributed by atoms with Crippen molar-refractivity contribution < 1.29 is 12.8 Å². The summed E-state index contributed by atoms with van der Waals surface area (Å²) < 4.78 is 41.3. The van der Waals surface area contributed by atoms with Crippen LogP contribution in [0.2, 0.25) is 0 Å². The molecular formula is C20H22FN3O2S. The van der Waals surface area contributed by atoms with Gasteiger partial charge in [0.1, 0.15) is 5.82 Å². The Morgan fingerprint density at radius 1 is 1.07 bits per heavy atom. The number of piperazine rings is 1. The summed E-state index contributed by atoms with van der Waals surface area (Å²) in [6, 6.07) is 11.7. The molecule has 0 N–H and O–H groups in total. The van der Waals surface area contributed by atoms with Gasteiger partial charge in [-0.2, -0.15) is 9.57 Å². The smallest absolute Gasteiger partial charge is 0.243 e. The van der Waals surface area contributed by atoms with Crippen LogP contribution in [-0.4, -0.2) is 43.8 Å². The van der Waals surface area contributed by atoms with Crippen molar-refractivity contribution in [2.75, 3.05) is 26.2 Å². The Labute approximate surface area is 159 Å². The van der Waals surface area contributed by atoms with Crippen LogP contribution >= 0.6 is 0 Å². The van der Waals surface area contributed by atoms with Gasteiger partial charge in [-0.1, -0.05) is 17.7 Å². The molecule has 1 aliphatic heterocycles. The highest BCUT2D eigenvalue weighted by Gasteiger charge is 2.29. The first-order valence-corrected chi connectivity index (χ1v) is 10.2. The lowest BCUT2D eigenvalue weighted by molar-refractivity contribution is 0.180. The van der Waals surface area contributed by atoms with Crippen LogP contribution in [0.1, 0.15) is 22.3 Å². The number of halogens is 1. The topological polar surface area (TPSA) is 64.4 Å². The van der Waals surface area contributed by atoms with E-state index in [1.54, 1.807) is 25.1 Å². The third-order valence-electron chi connectivity index (χ3n) is 4.85. The van der Waals surface area contributed by atoms with Gasteiger partial charge in [0.25, 0.3) is 0 Å². The van der Waals surface area contributed by atoms with E-state index in [9.17, 15) is 12.8 Å². The van der Waals surface area contributed by atoms with Gasteiger partial charge in [0.05, 0.1) is 16.5 Å². The number of aryl methyl sites for hydroxylation is 2. The zero-order chi connectivity index (χ0) is 19.6. The molecule has 3 rings (SSSR count). The molecule has 7 heteroatoms. The van der Waals surface area contributed by atoms with E-state index >= 15 is 0 Å². The van der Waals surface area contributed by atoms with Gasteiger partial charge >= 0.3 is 0 Å². The van der Waals surface area contributed by atoms with Gasteiger partial charge in [-0.05, 0) is 43.7 Å². The van der Waals surface area contributed by atoms with Crippen LogP contribution in [-0.2, 0) is 16.6 Å². The molecule has 0 spiro atoms. The number of rotatable bonds is 4. The number of sulfonamides is 1. The van der Waals surface area contributed by atoms with Crippen molar-refractivity contribution in [3.63, 3.8) is 0 Å². The van der Waals surface area contributed by atoms with Crippen LogP contribution in [0.25, 0.3) is 0 Å². The molecule has 0 unspecified atom stereocenters. The molecule has 0 aliphatic carbocycles. The molecule has 0 saturated carbocycles. The van der Waals surface area contributed by atoms with Crippen molar-refractivity contribution in [1.29, 1.82) is 5.26 Å². The van der Waals surface area contributed by atoms with Crippen LogP contribution in [0.3, 0.4) is 0 Å². The number of hydrogen-bond acceptors (Lipinski definition) is 4. The molecule has 0 atom stereocenters. The minimum Gasteiger partial charge on any atom is -0.296 e. The van der Waals surface area contributed by atoms with Gasteiger partial charge in [0.2, 0.25) is 10.0 Å². The average Bonchev–Trinajstić information content (AvgIpc) is 2.63. The van der Waals surface area contributed by atoms with Gasteiger partial charge in [0.15, 0.2) is 0 Å². The fourth-order valence-corrected chi connectivity index (χ4v) is 4.99. The fraction of sp³-hybridized carbons (Fsp3) is 0.350. The van der Waals surface area contributed by atoms with E-state index < -0.39 is 10.0 Å². The van der Waals surface area contributed by atoms with Crippen LogP contribution in [0.4, 0.5) is 4.39 Å². The molecule has 1 saturated heterocycles. The van der Waals surface area contributed by atoms with Gasteiger partial charge in [0, 0.05) is 38.3 Å². The summed E-state index contributed by atoms with van der Waals surface area (Å²) in [5.41, 5.74) is 2.65. The SMILES string of the molecule is Cc1ccc(S(=O)(=O)N2CCN(Cc3cc(C#N)ccc3F)CC2)c(C)c1. The van der Waals surface area contributed by atoms with Crippen LogP contribution in [0.15, 0.2) is 41.3 Å². The highest BCUT2D eigenvalue weighted by atomic mass is 32.2. The fourth-order valence-electron chi connectivity index (χ4n) is 3.36. The zero-order valence-corrected chi connectivity index (χ0v) is 16.3. The Bertz CT molecular complexity index is 991. The maximum atomic E-state index is 14.0. The second-order valence-electron chi connectivity index (χ2n) is 6.87. The Balaban J connectivity index is 1.69. The summed E-state index contributed by atoms with van der Waals surface area (Å²) >= 11 is 0. The Kier molecular flexibility index (Phi) is 5.61. The predicted octanol–water partition coefficient (Wildman–Crippen LogP) is 2.82. The lowest BCUT2D eigenvalue weighted by atomic mass is 10.1. The first-order valence-electron chi connectivity index (χ1n) is 8.79. The standard InChI is InChI=1S/C20H22FN3O2S/c1-15-3-6-20(16(2)11-15)27(25,26)24-9-7-23(8-10-24)14-18-12-17(13-22)4-5-19(18)21/h3-6,11-12H,7-10,14H2,1-2H3. The number of benzene rings is 2. The van der Waals surface area contributed by atoms with Gasteiger partial charge in [-0.15, -0.1) is 0 Å². The number of nitriles is 1. The summed E-state index contributed by atoms with van der Waals surface area (Å²) in [6.07, 6.45) is 0. The molecule has 0 aromatic heterocycles. The monoisotopic (exact) mass is 387 g/mol. The van der Waals surface area contributed by atoms with E-state index in [-0.39, 0.29) is 5.82 Å². The van der Waals surface area contributed by atoms with E-state index in [0.717, 1.165) is 11.1 Å². The normalized spacial score (nSPS) is 16.2. The lowest BCUT2D eigenvalue weighted by Crippen LogP contribution is -2.48. The van der Waals surface area contributed by atoms with Crippen molar-refractivity contribution in [3.05, 3.63) is 64.5 Å². The van der Waals surface area contributed by atoms with Crippen molar-refractivity contribution in [2.24, 2.45) is 0 Å². The first kappa shape index (κ1) is 19.5. The number of hydrogen-bond donors (Lipinski definition) is 0. The summed E-state index contributed by atoms with van der Waals surface area (Å²) in [5, 5.41) is 8.97. The summed E-state index contributed by atoms with van der Waals surface area (Å²) in [5.74, 6) is -0.348. The highest BCUT2D eigenvalue weighted by molar-refractivity contribution is 7.89. The minimum absolute atomic E-state index is 0.342. The molecular weight excluding hydrogens is 365 g/mol. The van der Waals surface area contributed by atoms with E-state index in [1.807, 2.05) is 24.0 Å². The van der Waals surface area contributed by atoms with Gasteiger partial charge in [-0.3, -0.25) is 4.90 Å². The third kappa shape index (κ3) is 4.19. The second kappa shape index (κ2) is 7.77. The molecule has 0 radical (unpaired) electrons. The highest BCUT2D eigenvalue weighted by Crippen LogP contribution is 2.23. The van der Waals surface area contributed by atoms with Crippen molar-refractivity contribution in [1.82, 2.24) is 9.21 Å². The largest absolute Gasteiger partial charge is 0.296 e. The van der Waals surface area contributed by atoms with Crippen LogP contribution in [0, 0.1) is 31.0 Å². The maximum absolute atomic E-state index is 14.0. The van der Waals surface area contributed by atoms with Gasteiger partial charge < -0.3 is 0 Å². The predicted molar refractivity (Wildman–Crippen MR) is 101 cm³/mol. The third-order valence-corrected chi connectivity index (χ3v) is 6.91. The summed E-state index contributed by atoms with van der Waals surface area (Å²) in [7, 11) is -3.54. The van der Waals surface area contributed by atoms with Crippen molar-refractivity contribution >= 4 is 10.0 Å². The average molecular weight is 387 g/mol. The Hall–Kier alpha value is -2.27. The van der Waals surface area contributed by atoms with Crippen LogP contribution < -0.4 is 0 Å². The Morgan fingerprint density at radius 2 is 1.78 bits per heavy atom. The molecule has 0 amide bonds. The Morgan fingerprint density at radius 3 is 2.41 bits per heavy atom. The second-order valence-corrected chi connectivity index (χ2v) is 8.77. The number of nitrogens with zero attached hydrogens (tertiary/aromatic N) is 3. The van der Waals surface area contributed by atoms with Crippen molar-refractivity contribution in [2.45, 2.75) is 25.3 Å². The molecule has 142 valence electrons. The van der Waals surface area contributed by atoms with E-state index in [1.165, 1.54) is 16.4 Å². The van der Waals surface area contributed by atoms with Crippen molar-refractivity contribution in [3.8, 4) is 6.07 Å². The van der Waals surface area contributed by atoms with E-state index in [2.05, 4.69) is 0 Å². The minimum atomic E-state index is -3.54. The van der Waals surface area contributed by atoms with Crippen LogP contribution in [0.5, 0.6) is 0 Å². The molecule has 5 nitrogen and oxygen atoms in total.